The van der Waals surface area contributed by atoms with Crippen LogP contribution in [0.1, 0.15) is 31.7 Å². The van der Waals surface area contributed by atoms with Gasteiger partial charge >= 0.3 is 0 Å². The van der Waals surface area contributed by atoms with Crippen molar-refractivity contribution in [3.05, 3.63) is 35.9 Å². The number of rotatable bonds is 9. The van der Waals surface area contributed by atoms with Gasteiger partial charge in [-0.05, 0) is 38.0 Å². The van der Waals surface area contributed by atoms with Crippen LogP contribution in [0.15, 0.2) is 30.3 Å². The van der Waals surface area contributed by atoms with Crippen LogP contribution in [-0.4, -0.2) is 31.5 Å². The summed E-state index contributed by atoms with van der Waals surface area (Å²) in [6.07, 6.45) is 4.09. The summed E-state index contributed by atoms with van der Waals surface area (Å²) in [5, 5.41) is 0. The van der Waals surface area contributed by atoms with Crippen molar-refractivity contribution in [3.63, 3.8) is 0 Å². The standard InChI is InChI=1S/C17H29NOSi/c1-16(19)10-8-9-13-18(15-20(2,3)4)14-17-11-6-5-7-12-17/h5-7,11-12H,8-10,13-15H2,1-4H3. The molecule has 0 spiro atoms. The molecule has 20 heavy (non-hydrogen) atoms. The number of unbranched alkanes of at least 4 members (excludes halogenated alkanes) is 1. The van der Waals surface area contributed by atoms with Gasteiger partial charge in [-0.15, -0.1) is 0 Å². The van der Waals surface area contributed by atoms with Crippen molar-refractivity contribution in [3.8, 4) is 0 Å². The highest BCUT2D eigenvalue weighted by Gasteiger charge is 2.18. The zero-order valence-corrected chi connectivity index (χ0v) is 14.5. The van der Waals surface area contributed by atoms with Crippen molar-refractivity contribution in [2.24, 2.45) is 0 Å². The van der Waals surface area contributed by atoms with E-state index in [0.717, 1.165) is 32.4 Å². The van der Waals surface area contributed by atoms with Gasteiger partial charge in [0.05, 0.1) is 8.07 Å². The van der Waals surface area contributed by atoms with Gasteiger partial charge in [0, 0.05) is 13.0 Å². The number of hydrogen-bond donors (Lipinski definition) is 0. The van der Waals surface area contributed by atoms with Crippen LogP contribution >= 0.6 is 0 Å². The van der Waals surface area contributed by atoms with E-state index in [1.807, 2.05) is 0 Å². The SMILES string of the molecule is CC(=O)CCCCN(Cc1ccccc1)C[Si](C)(C)C. The number of carbonyl (C=O) groups excluding carboxylic acids is 1. The van der Waals surface area contributed by atoms with Crippen LogP contribution in [0.25, 0.3) is 0 Å². The monoisotopic (exact) mass is 291 g/mol. The third-order valence-corrected chi connectivity index (χ3v) is 4.60. The molecule has 0 aliphatic carbocycles. The summed E-state index contributed by atoms with van der Waals surface area (Å²) in [5.74, 6) is 0.310. The first-order valence-electron chi connectivity index (χ1n) is 7.62. The molecule has 1 aromatic rings. The molecule has 3 heteroatoms. The summed E-state index contributed by atoms with van der Waals surface area (Å²) < 4.78 is 0. The zero-order chi connectivity index (χ0) is 15.0. The maximum atomic E-state index is 11.0. The summed E-state index contributed by atoms with van der Waals surface area (Å²) in [4.78, 5) is 13.6. The maximum absolute atomic E-state index is 11.0. The Kier molecular flexibility index (Phi) is 7.17. The second-order valence-corrected chi connectivity index (χ2v) is 12.4. The van der Waals surface area contributed by atoms with Gasteiger partial charge < -0.3 is 9.69 Å². The molecule has 0 aromatic heterocycles. The highest BCUT2D eigenvalue weighted by atomic mass is 28.3. The van der Waals surface area contributed by atoms with Crippen molar-refractivity contribution in [2.45, 2.75) is 52.4 Å². The van der Waals surface area contributed by atoms with Crippen molar-refractivity contribution in [1.82, 2.24) is 4.90 Å². The van der Waals surface area contributed by atoms with Gasteiger partial charge in [-0.25, -0.2) is 0 Å². The molecule has 0 heterocycles. The minimum atomic E-state index is -1.10. The summed E-state index contributed by atoms with van der Waals surface area (Å²) in [6, 6.07) is 10.7. The van der Waals surface area contributed by atoms with Crippen molar-refractivity contribution >= 4 is 13.9 Å². The second kappa shape index (κ2) is 8.38. The summed E-state index contributed by atoms with van der Waals surface area (Å²) >= 11 is 0. The lowest BCUT2D eigenvalue weighted by atomic mass is 10.1. The van der Waals surface area contributed by atoms with Gasteiger partial charge in [-0.1, -0.05) is 50.0 Å². The van der Waals surface area contributed by atoms with E-state index < -0.39 is 8.07 Å². The van der Waals surface area contributed by atoms with Crippen LogP contribution in [-0.2, 0) is 11.3 Å². The third kappa shape index (κ3) is 8.28. The molecule has 0 unspecified atom stereocenters. The van der Waals surface area contributed by atoms with Crippen LogP contribution < -0.4 is 0 Å². The van der Waals surface area contributed by atoms with Crippen molar-refractivity contribution in [2.75, 3.05) is 12.7 Å². The molecular formula is C17H29NOSi. The first-order chi connectivity index (χ1) is 9.37. The second-order valence-electron chi connectivity index (χ2n) is 6.92. The molecule has 1 aromatic carbocycles. The zero-order valence-electron chi connectivity index (χ0n) is 13.5. The Morgan fingerprint density at radius 3 is 2.30 bits per heavy atom. The first kappa shape index (κ1) is 17.1. The molecule has 0 bridgehead atoms. The lowest BCUT2D eigenvalue weighted by Crippen LogP contribution is -2.40. The van der Waals surface area contributed by atoms with Gasteiger partial charge in [0.25, 0.3) is 0 Å². The van der Waals surface area contributed by atoms with Gasteiger partial charge in [-0.2, -0.15) is 0 Å². The van der Waals surface area contributed by atoms with Crippen LogP contribution in [0.3, 0.4) is 0 Å². The number of carbonyl (C=O) groups is 1. The molecule has 2 nitrogen and oxygen atoms in total. The molecule has 0 radical (unpaired) electrons. The molecule has 0 amide bonds. The van der Waals surface area contributed by atoms with E-state index in [0.29, 0.717) is 5.78 Å². The fraction of sp³-hybridized carbons (Fsp3) is 0.588. The van der Waals surface area contributed by atoms with Crippen LogP contribution in [0.2, 0.25) is 19.6 Å². The topological polar surface area (TPSA) is 20.3 Å². The summed E-state index contributed by atoms with van der Waals surface area (Å²) in [6.45, 7) is 11.1. The molecule has 0 aliphatic rings. The van der Waals surface area contributed by atoms with Crippen LogP contribution in [0, 0.1) is 0 Å². The highest BCUT2D eigenvalue weighted by Crippen LogP contribution is 2.11. The molecule has 0 saturated carbocycles. The van der Waals surface area contributed by atoms with Gasteiger partial charge in [-0.3, -0.25) is 0 Å². The minimum Gasteiger partial charge on any atom is -0.302 e. The average molecular weight is 292 g/mol. The van der Waals surface area contributed by atoms with E-state index in [2.05, 4.69) is 54.9 Å². The quantitative estimate of drug-likeness (QED) is 0.504. The van der Waals surface area contributed by atoms with Crippen molar-refractivity contribution < 1.29 is 4.79 Å². The van der Waals surface area contributed by atoms with Gasteiger partial charge in [0.2, 0.25) is 0 Å². The van der Waals surface area contributed by atoms with Crippen LogP contribution in [0.5, 0.6) is 0 Å². The molecular weight excluding hydrogens is 262 g/mol. The Hall–Kier alpha value is -0.933. The Balaban J connectivity index is 2.49. The fourth-order valence-electron chi connectivity index (χ4n) is 2.44. The van der Waals surface area contributed by atoms with E-state index in [1.165, 1.54) is 11.7 Å². The normalized spacial score (nSPS) is 11.8. The molecule has 0 aliphatic heterocycles. The predicted octanol–water partition coefficient (Wildman–Crippen LogP) is 4.13. The Morgan fingerprint density at radius 1 is 1.10 bits per heavy atom. The van der Waals surface area contributed by atoms with E-state index in [4.69, 9.17) is 0 Å². The first-order valence-corrected chi connectivity index (χ1v) is 11.3. The lowest BCUT2D eigenvalue weighted by Gasteiger charge is -2.29. The molecule has 1 rings (SSSR count). The van der Waals surface area contributed by atoms with E-state index in [1.54, 1.807) is 6.92 Å². The number of benzene rings is 1. The minimum absolute atomic E-state index is 0.310. The Morgan fingerprint density at radius 2 is 1.75 bits per heavy atom. The van der Waals surface area contributed by atoms with E-state index >= 15 is 0 Å². The lowest BCUT2D eigenvalue weighted by molar-refractivity contribution is -0.117. The number of ketones is 1. The average Bonchev–Trinajstić information content (AvgIpc) is 2.33. The van der Waals surface area contributed by atoms with Crippen molar-refractivity contribution in [1.29, 1.82) is 0 Å². The van der Waals surface area contributed by atoms with Gasteiger partial charge in [0.15, 0.2) is 0 Å². The number of Topliss-reactive ketones (excluding diaryl/α,β-unsaturated/α-hetero) is 1. The van der Waals surface area contributed by atoms with E-state index in [9.17, 15) is 4.79 Å². The molecule has 112 valence electrons. The molecule has 0 atom stereocenters. The van der Waals surface area contributed by atoms with Crippen LogP contribution in [0.4, 0.5) is 0 Å². The highest BCUT2D eigenvalue weighted by molar-refractivity contribution is 6.76. The Labute approximate surface area is 125 Å². The Bertz CT molecular complexity index is 397. The largest absolute Gasteiger partial charge is 0.302 e. The molecule has 0 fully saturated rings. The summed E-state index contributed by atoms with van der Waals surface area (Å²) in [5.41, 5.74) is 1.39. The third-order valence-electron chi connectivity index (χ3n) is 3.20. The molecule has 0 saturated heterocycles. The summed E-state index contributed by atoms with van der Waals surface area (Å²) in [7, 11) is -1.10. The smallest absolute Gasteiger partial charge is 0.129 e. The number of hydrogen-bond acceptors (Lipinski definition) is 2. The fourth-order valence-corrected chi connectivity index (χ4v) is 4.05. The maximum Gasteiger partial charge on any atom is 0.129 e. The van der Waals surface area contributed by atoms with E-state index in [-0.39, 0.29) is 0 Å². The molecule has 0 N–H and O–H groups in total. The number of nitrogens with zero attached hydrogens (tertiary/aromatic N) is 1. The predicted molar refractivity (Wildman–Crippen MR) is 89.6 cm³/mol. The van der Waals surface area contributed by atoms with Gasteiger partial charge in [0.1, 0.15) is 5.78 Å².